The first-order valence-electron chi connectivity index (χ1n) is 8.78. The molecule has 0 saturated carbocycles. The van der Waals surface area contributed by atoms with Gasteiger partial charge < -0.3 is 5.11 Å². The Hall–Kier alpha value is -2.20. The molecule has 1 saturated heterocycles. The molecule has 1 aliphatic rings. The maximum atomic E-state index is 14.6. The van der Waals surface area contributed by atoms with Gasteiger partial charge in [0.2, 0.25) is 0 Å². The van der Waals surface area contributed by atoms with Gasteiger partial charge in [0.25, 0.3) is 0 Å². The van der Waals surface area contributed by atoms with Gasteiger partial charge in [-0.25, -0.2) is 4.39 Å². The fraction of sp³-hybridized carbons (Fsp3) is 0.381. The van der Waals surface area contributed by atoms with Crippen LogP contribution < -0.4 is 0 Å². The predicted molar refractivity (Wildman–Crippen MR) is 96.1 cm³/mol. The summed E-state index contributed by atoms with van der Waals surface area (Å²) in [5, 5.41) is 9.69. The van der Waals surface area contributed by atoms with Gasteiger partial charge in [0.15, 0.2) is 0 Å². The largest absolute Gasteiger partial charge is 0.480 e. The van der Waals surface area contributed by atoms with E-state index >= 15 is 0 Å². The van der Waals surface area contributed by atoms with Gasteiger partial charge in [0.05, 0.1) is 6.04 Å². The van der Waals surface area contributed by atoms with Crippen molar-refractivity contribution in [3.8, 4) is 0 Å². The van der Waals surface area contributed by atoms with Gasteiger partial charge in [-0.3, -0.25) is 9.69 Å². The number of rotatable bonds is 4. The van der Waals surface area contributed by atoms with E-state index in [0.717, 1.165) is 29.5 Å². The Morgan fingerprint density at radius 3 is 2.48 bits per heavy atom. The molecule has 3 rings (SSSR count). The molecule has 1 fully saturated rings. The molecule has 2 aromatic carbocycles. The van der Waals surface area contributed by atoms with E-state index in [9.17, 15) is 14.3 Å². The van der Waals surface area contributed by atoms with Crippen LogP contribution in [0.4, 0.5) is 4.39 Å². The molecule has 2 atom stereocenters. The number of benzene rings is 2. The van der Waals surface area contributed by atoms with Crippen molar-refractivity contribution in [1.29, 1.82) is 0 Å². The van der Waals surface area contributed by atoms with Gasteiger partial charge in [0.1, 0.15) is 11.9 Å². The number of carboxylic acids is 1. The molecule has 0 bridgehead atoms. The molecule has 3 nitrogen and oxygen atoms in total. The van der Waals surface area contributed by atoms with Crippen LogP contribution in [0.5, 0.6) is 0 Å². The number of carboxylic acid groups (broad SMARTS) is 1. The zero-order chi connectivity index (χ0) is 18.0. The van der Waals surface area contributed by atoms with E-state index in [0.29, 0.717) is 18.5 Å². The summed E-state index contributed by atoms with van der Waals surface area (Å²) in [6, 6.07) is 11.9. The number of nitrogens with zero attached hydrogens (tertiary/aromatic N) is 1. The molecule has 2 aromatic rings. The van der Waals surface area contributed by atoms with Crippen LogP contribution in [-0.4, -0.2) is 28.6 Å². The van der Waals surface area contributed by atoms with Crippen LogP contribution in [0.25, 0.3) is 0 Å². The minimum Gasteiger partial charge on any atom is -0.480 e. The smallest absolute Gasteiger partial charge is 0.320 e. The molecule has 1 aliphatic heterocycles. The molecule has 25 heavy (non-hydrogen) atoms. The lowest BCUT2D eigenvalue weighted by Gasteiger charge is -2.40. The average molecular weight is 341 g/mol. The van der Waals surface area contributed by atoms with Crippen molar-refractivity contribution in [2.24, 2.45) is 0 Å². The van der Waals surface area contributed by atoms with Crippen molar-refractivity contribution >= 4 is 5.97 Å². The van der Waals surface area contributed by atoms with Crippen LogP contribution >= 0.6 is 0 Å². The number of hydrogen-bond donors (Lipinski definition) is 1. The quantitative estimate of drug-likeness (QED) is 0.892. The molecular weight excluding hydrogens is 317 g/mol. The lowest BCUT2D eigenvalue weighted by Crippen LogP contribution is -2.47. The first-order chi connectivity index (χ1) is 12.0. The number of likely N-dealkylation sites (tertiary alicyclic amines) is 1. The van der Waals surface area contributed by atoms with E-state index in [4.69, 9.17) is 0 Å². The van der Waals surface area contributed by atoms with E-state index in [1.54, 1.807) is 12.1 Å². The molecule has 0 radical (unpaired) electrons. The first-order valence-corrected chi connectivity index (χ1v) is 8.78. The van der Waals surface area contributed by atoms with Gasteiger partial charge in [-0.05, 0) is 44.9 Å². The molecule has 0 amide bonds. The Balaban J connectivity index is 2.14. The molecule has 0 aromatic heterocycles. The Bertz CT molecular complexity index is 754. The summed E-state index contributed by atoms with van der Waals surface area (Å²) in [7, 11) is 0. The number of aryl methyl sites for hydroxylation is 2. The molecule has 0 spiro atoms. The number of halogens is 1. The second-order valence-corrected chi connectivity index (χ2v) is 6.93. The van der Waals surface area contributed by atoms with Crippen molar-refractivity contribution in [2.75, 3.05) is 6.54 Å². The summed E-state index contributed by atoms with van der Waals surface area (Å²) in [6.07, 6.45) is 2.43. The van der Waals surface area contributed by atoms with Crippen LogP contribution in [0.2, 0.25) is 0 Å². The lowest BCUT2D eigenvalue weighted by atomic mass is 9.90. The topological polar surface area (TPSA) is 40.5 Å². The zero-order valence-electron chi connectivity index (χ0n) is 14.7. The van der Waals surface area contributed by atoms with E-state index < -0.39 is 12.0 Å². The number of aliphatic carboxylic acids is 1. The van der Waals surface area contributed by atoms with Gasteiger partial charge in [-0.2, -0.15) is 0 Å². The van der Waals surface area contributed by atoms with Gasteiger partial charge in [-0.15, -0.1) is 0 Å². The standard InChI is InChI=1S/C21H24FNO2/c1-14-11-15(2)13-16(12-14)20(17-7-3-4-8-18(17)22)23-10-6-5-9-19(23)21(24)25/h3-4,7-8,11-13,19-20H,5-6,9-10H2,1-2H3,(H,24,25). The highest BCUT2D eigenvalue weighted by Gasteiger charge is 2.36. The second-order valence-electron chi connectivity index (χ2n) is 6.93. The van der Waals surface area contributed by atoms with E-state index in [1.165, 1.54) is 6.07 Å². The Labute approximate surface area is 148 Å². The molecule has 1 heterocycles. The zero-order valence-corrected chi connectivity index (χ0v) is 14.7. The van der Waals surface area contributed by atoms with E-state index in [-0.39, 0.29) is 11.9 Å². The predicted octanol–water partition coefficient (Wildman–Crippen LogP) is 4.47. The van der Waals surface area contributed by atoms with Crippen molar-refractivity contribution in [3.63, 3.8) is 0 Å². The van der Waals surface area contributed by atoms with Crippen LogP contribution in [0.3, 0.4) is 0 Å². The maximum absolute atomic E-state index is 14.6. The van der Waals surface area contributed by atoms with Gasteiger partial charge in [0, 0.05) is 5.56 Å². The fourth-order valence-electron chi connectivity index (χ4n) is 3.94. The average Bonchev–Trinajstić information content (AvgIpc) is 2.56. The van der Waals surface area contributed by atoms with Crippen LogP contribution in [0, 0.1) is 19.7 Å². The van der Waals surface area contributed by atoms with Gasteiger partial charge in [-0.1, -0.05) is 53.9 Å². The molecule has 4 heteroatoms. The monoisotopic (exact) mass is 341 g/mol. The van der Waals surface area contributed by atoms with E-state index in [2.05, 4.69) is 6.07 Å². The molecular formula is C21H24FNO2. The third-order valence-electron chi connectivity index (χ3n) is 4.92. The number of piperidine rings is 1. The Morgan fingerprint density at radius 1 is 1.16 bits per heavy atom. The molecule has 2 unspecified atom stereocenters. The second kappa shape index (κ2) is 7.36. The highest BCUT2D eigenvalue weighted by atomic mass is 19.1. The van der Waals surface area contributed by atoms with Crippen molar-refractivity contribution in [3.05, 3.63) is 70.5 Å². The van der Waals surface area contributed by atoms with Gasteiger partial charge >= 0.3 is 5.97 Å². The van der Waals surface area contributed by atoms with Crippen LogP contribution in [0.1, 0.15) is 47.6 Å². The van der Waals surface area contributed by atoms with Crippen molar-refractivity contribution in [2.45, 2.75) is 45.2 Å². The SMILES string of the molecule is Cc1cc(C)cc(C(c2ccccc2F)N2CCCCC2C(=O)O)c1. The summed E-state index contributed by atoms with van der Waals surface area (Å²) in [6.45, 7) is 4.68. The summed E-state index contributed by atoms with van der Waals surface area (Å²) in [5.74, 6) is -1.12. The fourth-order valence-corrected chi connectivity index (χ4v) is 3.94. The van der Waals surface area contributed by atoms with E-state index in [1.807, 2.05) is 36.9 Å². The Kier molecular flexibility index (Phi) is 5.19. The molecule has 132 valence electrons. The minimum absolute atomic E-state index is 0.290. The van der Waals surface area contributed by atoms with Crippen molar-refractivity contribution < 1.29 is 14.3 Å². The minimum atomic E-state index is -0.828. The van der Waals surface area contributed by atoms with Crippen LogP contribution in [-0.2, 0) is 4.79 Å². The summed E-state index contributed by atoms with van der Waals surface area (Å²) in [4.78, 5) is 13.8. The Morgan fingerprint density at radius 2 is 1.84 bits per heavy atom. The number of carbonyl (C=O) groups is 1. The normalized spacial score (nSPS) is 19.6. The maximum Gasteiger partial charge on any atom is 0.320 e. The lowest BCUT2D eigenvalue weighted by molar-refractivity contribution is -0.145. The third-order valence-corrected chi connectivity index (χ3v) is 4.92. The number of hydrogen-bond acceptors (Lipinski definition) is 2. The molecule has 1 N–H and O–H groups in total. The third kappa shape index (κ3) is 3.74. The van der Waals surface area contributed by atoms with Crippen LogP contribution in [0.15, 0.2) is 42.5 Å². The highest BCUT2D eigenvalue weighted by Crippen LogP contribution is 2.36. The summed E-state index contributed by atoms with van der Waals surface area (Å²) in [5.41, 5.74) is 3.69. The summed E-state index contributed by atoms with van der Waals surface area (Å²) >= 11 is 0. The summed E-state index contributed by atoms with van der Waals surface area (Å²) < 4.78 is 14.6. The van der Waals surface area contributed by atoms with Crippen molar-refractivity contribution in [1.82, 2.24) is 4.90 Å². The molecule has 0 aliphatic carbocycles. The first kappa shape index (κ1) is 17.6. The highest BCUT2D eigenvalue weighted by molar-refractivity contribution is 5.73.